The van der Waals surface area contributed by atoms with Gasteiger partial charge in [-0.1, -0.05) is 214 Å². The van der Waals surface area contributed by atoms with Gasteiger partial charge in [0.2, 0.25) is 0 Å². The smallest absolute Gasteiger partial charge is 0.143 e. The number of para-hydroxylation sites is 2. The summed E-state index contributed by atoms with van der Waals surface area (Å²) >= 11 is 0. The normalized spacial score (nSPS) is 13.8. The molecule has 11 aromatic carbocycles. The minimum atomic E-state index is -0.532. The van der Waals surface area contributed by atoms with Crippen LogP contribution in [0, 0.1) is 0 Å². The Kier molecular flexibility index (Phi) is 8.88. The molecular weight excluding hydrogens is 847 g/mol. The van der Waals surface area contributed by atoms with Gasteiger partial charge >= 0.3 is 0 Å². The highest BCUT2D eigenvalue weighted by atomic mass is 16.3. The molecule has 0 aliphatic heterocycles. The Hall–Kier alpha value is -8.72. The van der Waals surface area contributed by atoms with Crippen LogP contribution >= 0.6 is 0 Å². The van der Waals surface area contributed by atoms with Gasteiger partial charge in [-0.15, -0.1) is 0 Å². The average Bonchev–Trinajstić information content (AvgIpc) is 4.03. The summed E-state index contributed by atoms with van der Waals surface area (Å²) in [6, 6.07) is 91.9. The fourth-order valence-corrected chi connectivity index (χ4v) is 12.3. The maximum Gasteiger partial charge on any atom is 0.143 e. The Morgan fingerprint density at radius 1 is 0.357 bits per heavy atom. The van der Waals surface area contributed by atoms with E-state index in [1.54, 1.807) is 0 Å². The molecule has 1 aromatic heterocycles. The fourth-order valence-electron chi connectivity index (χ4n) is 12.3. The SMILES string of the molecule is CC1(C)c2cc(-c3ccc4ccccc4c3)ccc2-c2ccc(N(c3ccc(-c4cccc5c4oc4ccccc45)cc3)c3cccc4c3-c3ccccc3C4(c3ccccc3)c3ccccc3)cc21. The second-order valence-electron chi connectivity index (χ2n) is 19.6. The van der Waals surface area contributed by atoms with E-state index in [4.69, 9.17) is 4.42 Å². The van der Waals surface area contributed by atoms with E-state index in [-0.39, 0.29) is 5.41 Å². The molecule has 70 heavy (non-hydrogen) atoms. The Morgan fingerprint density at radius 2 is 0.929 bits per heavy atom. The molecule has 1 heterocycles. The van der Waals surface area contributed by atoms with E-state index in [2.05, 4.69) is 261 Å². The molecule has 14 rings (SSSR count). The van der Waals surface area contributed by atoms with Gasteiger partial charge in [-0.2, -0.15) is 0 Å². The Bertz CT molecular complexity index is 3990. The summed E-state index contributed by atoms with van der Waals surface area (Å²) < 4.78 is 6.56. The molecule has 330 valence electrons. The van der Waals surface area contributed by atoms with Crippen molar-refractivity contribution in [2.75, 3.05) is 4.90 Å². The molecule has 2 nitrogen and oxygen atoms in total. The Labute approximate surface area is 408 Å². The van der Waals surface area contributed by atoms with Crippen molar-refractivity contribution in [1.82, 2.24) is 0 Å². The van der Waals surface area contributed by atoms with Crippen LogP contribution in [0.4, 0.5) is 17.1 Å². The van der Waals surface area contributed by atoms with Crippen molar-refractivity contribution >= 4 is 49.8 Å². The zero-order chi connectivity index (χ0) is 46.6. The van der Waals surface area contributed by atoms with Crippen molar-refractivity contribution in [3.05, 3.63) is 282 Å². The predicted molar refractivity (Wildman–Crippen MR) is 292 cm³/mol. The van der Waals surface area contributed by atoms with Gasteiger partial charge in [-0.25, -0.2) is 0 Å². The predicted octanol–water partition coefficient (Wildman–Crippen LogP) is 18.2. The minimum Gasteiger partial charge on any atom is -0.455 e. The van der Waals surface area contributed by atoms with E-state index in [1.807, 2.05) is 6.07 Å². The van der Waals surface area contributed by atoms with Gasteiger partial charge in [0.05, 0.1) is 11.1 Å². The summed E-state index contributed by atoms with van der Waals surface area (Å²) in [5.41, 5.74) is 21.8. The van der Waals surface area contributed by atoms with Crippen LogP contribution in [0.2, 0.25) is 0 Å². The van der Waals surface area contributed by atoms with Crippen molar-refractivity contribution in [3.8, 4) is 44.5 Å². The van der Waals surface area contributed by atoms with E-state index in [9.17, 15) is 0 Å². The van der Waals surface area contributed by atoms with E-state index in [1.165, 1.54) is 77.5 Å². The van der Waals surface area contributed by atoms with E-state index < -0.39 is 5.41 Å². The lowest BCUT2D eigenvalue weighted by atomic mass is 9.68. The highest BCUT2D eigenvalue weighted by molar-refractivity contribution is 6.09. The van der Waals surface area contributed by atoms with Gasteiger partial charge < -0.3 is 9.32 Å². The third-order valence-corrected chi connectivity index (χ3v) is 15.5. The van der Waals surface area contributed by atoms with Crippen molar-refractivity contribution in [2.45, 2.75) is 24.7 Å². The second-order valence-corrected chi connectivity index (χ2v) is 19.6. The van der Waals surface area contributed by atoms with Crippen molar-refractivity contribution < 1.29 is 4.42 Å². The van der Waals surface area contributed by atoms with Crippen LogP contribution in [0.5, 0.6) is 0 Å². The summed E-state index contributed by atoms with van der Waals surface area (Å²) in [6.45, 7) is 4.79. The number of nitrogens with zero attached hydrogens (tertiary/aromatic N) is 1. The molecule has 0 amide bonds. The zero-order valence-electron chi connectivity index (χ0n) is 39.0. The lowest BCUT2D eigenvalue weighted by Gasteiger charge is -2.34. The van der Waals surface area contributed by atoms with Gasteiger partial charge in [0.1, 0.15) is 11.2 Å². The van der Waals surface area contributed by atoms with Crippen LogP contribution in [0.25, 0.3) is 77.2 Å². The van der Waals surface area contributed by atoms with E-state index in [0.29, 0.717) is 0 Å². The van der Waals surface area contributed by atoms with Crippen LogP contribution in [0.1, 0.15) is 47.2 Å². The molecule has 0 N–H and O–H groups in total. The lowest BCUT2D eigenvalue weighted by molar-refractivity contribution is 0.660. The quantitative estimate of drug-likeness (QED) is 0.158. The standard InChI is InChI=1S/C68H47NO/c1-67(2)61-42-48(47-32-31-44-17-9-10-18-46(44)41-47)35-39-54(61)55-40-38-52(43-62(55)67)69(51-36-33-45(34-37-51)53-25-15-26-57-56-23-12-14-30-64(56)70-66(53)57)63-29-16-28-60-65(63)58-24-11-13-27-59(58)68(60,49-19-5-3-6-20-49)50-21-7-4-8-22-50/h3-43H,1-2H3. The highest BCUT2D eigenvalue weighted by Crippen LogP contribution is 2.60. The third kappa shape index (κ3) is 5.87. The first-order valence-electron chi connectivity index (χ1n) is 24.4. The van der Waals surface area contributed by atoms with Gasteiger partial charge in [0.15, 0.2) is 0 Å². The number of hydrogen-bond acceptors (Lipinski definition) is 2. The molecule has 0 bridgehead atoms. The summed E-state index contributed by atoms with van der Waals surface area (Å²) in [5.74, 6) is 0. The number of fused-ring (bicyclic) bond motifs is 10. The number of rotatable bonds is 7. The first kappa shape index (κ1) is 40.4. The van der Waals surface area contributed by atoms with Crippen LogP contribution in [0.3, 0.4) is 0 Å². The summed E-state index contributed by atoms with van der Waals surface area (Å²) in [4.78, 5) is 2.51. The van der Waals surface area contributed by atoms with Crippen LogP contribution in [-0.2, 0) is 10.8 Å². The lowest BCUT2D eigenvalue weighted by Crippen LogP contribution is -2.28. The number of anilines is 3. The molecule has 0 unspecified atom stereocenters. The topological polar surface area (TPSA) is 16.4 Å². The van der Waals surface area contributed by atoms with Crippen molar-refractivity contribution in [2.24, 2.45) is 0 Å². The van der Waals surface area contributed by atoms with Crippen LogP contribution < -0.4 is 4.90 Å². The maximum atomic E-state index is 6.56. The molecule has 0 fully saturated rings. The molecule has 2 aliphatic rings. The van der Waals surface area contributed by atoms with Crippen molar-refractivity contribution in [3.63, 3.8) is 0 Å². The molecule has 12 aromatic rings. The maximum absolute atomic E-state index is 6.56. The first-order valence-corrected chi connectivity index (χ1v) is 24.4. The van der Waals surface area contributed by atoms with Gasteiger partial charge in [-0.05, 0) is 126 Å². The molecule has 2 aliphatic carbocycles. The molecule has 0 saturated heterocycles. The summed E-state index contributed by atoms with van der Waals surface area (Å²) in [7, 11) is 0. The molecular formula is C68H47NO. The van der Waals surface area contributed by atoms with Gasteiger partial charge in [0, 0.05) is 38.7 Å². The third-order valence-electron chi connectivity index (χ3n) is 15.5. The largest absolute Gasteiger partial charge is 0.455 e. The van der Waals surface area contributed by atoms with Gasteiger partial charge in [0.25, 0.3) is 0 Å². The second kappa shape index (κ2) is 15.4. The summed E-state index contributed by atoms with van der Waals surface area (Å²) in [5, 5.41) is 4.78. The number of hydrogen-bond donors (Lipinski definition) is 0. The average molecular weight is 894 g/mol. The number of benzene rings is 11. The molecule has 0 atom stereocenters. The minimum absolute atomic E-state index is 0.255. The molecule has 0 spiro atoms. The highest BCUT2D eigenvalue weighted by Gasteiger charge is 2.47. The van der Waals surface area contributed by atoms with Crippen LogP contribution in [-0.4, -0.2) is 0 Å². The fraction of sp³-hybridized carbons (Fsp3) is 0.0588. The number of furan rings is 1. The van der Waals surface area contributed by atoms with Crippen LogP contribution in [0.15, 0.2) is 253 Å². The van der Waals surface area contributed by atoms with Gasteiger partial charge in [-0.3, -0.25) is 0 Å². The van der Waals surface area contributed by atoms with E-state index in [0.717, 1.165) is 50.1 Å². The molecule has 0 radical (unpaired) electrons. The van der Waals surface area contributed by atoms with Crippen molar-refractivity contribution in [1.29, 1.82) is 0 Å². The molecule has 2 heteroatoms. The summed E-state index contributed by atoms with van der Waals surface area (Å²) in [6.07, 6.45) is 0. The molecule has 0 saturated carbocycles. The first-order chi connectivity index (χ1) is 34.5. The zero-order valence-corrected chi connectivity index (χ0v) is 39.0. The monoisotopic (exact) mass is 893 g/mol. The Morgan fingerprint density at radius 3 is 1.73 bits per heavy atom. The Balaban J connectivity index is 0.965. The van der Waals surface area contributed by atoms with E-state index >= 15 is 0 Å².